The van der Waals surface area contributed by atoms with Gasteiger partial charge in [-0.2, -0.15) is 5.26 Å². The van der Waals surface area contributed by atoms with Crippen LogP contribution in [0.4, 0.5) is 0 Å². The number of pyridine rings is 1. The van der Waals surface area contributed by atoms with Crippen LogP contribution >= 0.6 is 11.6 Å². The van der Waals surface area contributed by atoms with Gasteiger partial charge < -0.3 is 9.55 Å². The molecule has 8 nitrogen and oxygen atoms in total. The molecule has 0 spiro atoms. The van der Waals surface area contributed by atoms with E-state index in [4.69, 9.17) is 11.6 Å². The van der Waals surface area contributed by atoms with Crippen molar-refractivity contribution in [2.24, 2.45) is 0 Å². The van der Waals surface area contributed by atoms with Gasteiger partial charge >= 0.3 is 0 Å². The Bertz CT molecular complexity index is 1610. The van der Waals surface area contributed by atoms with Crippen molar-refractivity contribution in [3.8, 4) is 17.2 Å². The van der Waals surface area contributed by atoms with Crippen LogP contribution in [0.5, 0.6) is 0 Å². The summed E-state index contributed by atoms with van der Waals surface area (Å²) >= 11 is 6.24. The molecule has 0 fully saturated rings. The van der Waals surface area contributed by atoms with E-state index in [0.717, 1.165) is 6.26 Å². The molecule has 0 aliphatic rings. The van der Waals surface area contributed by atoms with Crippen LogP contribution < -0.4 is 10.3 Å². The van der Waals surface area contributed by atoms with E-state index in [9.17, 15) is 23.3 Å². The minimum Gasteiger partial charge on any atom is -0.331 e. The van der Waals surface area contributed by atoms with Crippen LogP contribution in [0.25, 0.3) is 22.0 Å². The number of halogens is 1. The Labute approximate surface area is 194 Å². The van der Waals surface area contributed by atoms with Crippen molar-refractivity contribution in [1.82, 2.24) is 14.3 Å². The van der Waals surface area contributed by atoms with Gasteiger partial charge in [0.1, 0.15) is 5.69 Å². The van der Waals surface area contributed by atoms with Crippen LogP contribution in [-0.2, 0) is 16.6 Å². The molecule has 10 heteroatoms. The molecule has 33 heavy (non-hydrogen) atoms. The number of rotatable bonds is 5. The molecule has 4 rings (SSSR count). The van der Waals surface area contributed by atoms with Gasteiger partial charge in [-0.3, -0.25) is 9.59 Å². The summed E-state index contributed by atoms with van der Waals surface area (Å²) in [6.45, 7) is 0.144. The number of hydrogen-bond donors (Lipinski definition) is 2. The molecule has 0 unspecified atom stereocenters. The third-order valence-electron chi connectivity index (χ3n) is 5.00. The number of nitrogens with zero attached hydrogens (tertiary/aromatic N) is 2. The van der Waals surface area contributed by atoms with E-state index in [-0.39, 0.29) is 23.4 Å². The molecule has 2 aromatic heterocycles. The number of carbonyl (C=O) groups excluding carboxylic acids is 1. The van der Waals surface area contributed by atoms with Crippen LogP contribution in [0.2, 0.25) is 5.02 Å². The second kappa shape index (κ2) is 8.58. The summed E-state index contributed by atoms with van der Waals surface area (Å²) in [5, 5.41) is 10.1. The van der Waals surface area contributed by atoms with Gasteiger partial charge in [0.2, 0.25) is 10.0 Å². The van der Waals surface area contributed by atoms with E-state index in [2.05, 4.69) is 11.1 Å². The third-order valence-corrected chi connectivity index (χ3v) is 5.79. The molecule has 0 aliphatic carbocycles. The van der Waals surface area contributed by atoms with Gasteiger partial charge in [-0.05, 0) is 48.0 Å². The maximum Gasteiger partial charge on any atom is 0.282 e. The van der Waals surface area contributed by atoms with Gasteiger partial charge in [-0.25, -0.2) is 13.1 Å². The highest BCUT2D eigenvalue weighted by Crippen LogP contribution is 2.36. The zero-order valence-corrected chi connectivity index (χ0v) is 18.9. The molecule has 1 amide bonds. The second-order valence-electron chi connectivity index (χ2n) is 7.40. The first-order valence-electron chi connectivity index (χ1n) is 9.69. The number of sulfonamides is 1. The fraction of sp³-hybridized carbons (Fsp3) is 0.0870. The number of benzene rings is 2. The van der Waals surface area contributed by atoms with Gasteiger partial charge in [0, 0.05) is 39.8 Å². The van der Waals surface area contributed by atoms with E-state index in [0.29, 0.717) is 27.1 Å². The van der Waals surface area contributed by atoms with Crippen LogP contribution in [0.15, 0.2) is 65.6 Å². The first-order valence-corrected chi connectivity index (χ1v) is 12.0. The summed E-state index contributed by atoms with van der Waals surface area (Å²) in [7, 11) is -3.89. The fourth-order valence-corrected chi connectivity index (χ4v) is 4.36. The minimum atomic E-state index is -3.89. The lowest BCUT2D eigenvalue weighted by molar-refractivity contribution is 0.0974. The first kappa shape index (κ1) is 22.3. The van der Waals surface area contributed by atoms with Crippen LogP contribution in [0, 0.1) is 11.3 Å². The van der Waals surface area contributed by atoms with Gasteiger partial charge in [-0.1, -0.05) is 23.7 Å². The zero-order valence-electron chi connectivity index (χ0n) is 17.3. The van der Waals surface area contributed by atoms with E-state index < -0.39 is 21.5 Å². The second-order valence-corrected chi connectivity index (χ2v) is 9.58. The molecular formula is C23H17ClN4O4S. The smallest absolute Gasteiger partial charge is 0.282 e. The Morgan fingerprint density at radius 3 is 2.67 bits per heavy atom. The number of carbonyl (C=O) groups is 1. The van der Waals surface area contributed by atoms with Crippen molar-refractivity contribution in [1.29, 1.82) is 5.26 Å². The molecule has 2 heterocycles. The van der Waals surface area contributed by atoms with Crippen LogP contribution in [0.3, 0.4) is 0 Å². The van der Waals surface area contributed by atoms with Crippen molar-refractivity contribution in [3.05, 3.63) is 93.0 Å². The molecule has 166 valence electrons. The lowest BCUT2D eigenvalue weighted by Crippen LogP contribution is -2.31. The average molecular weight is 481 g/mol. The van der Waals surface area contributed by atoms with Gasteiger partial charge in [0.25, 0.3) is 11.5 Å². The largest absolute Gasteiger partial charge is 0.331 e. The molecule has 0 atom stereocenters. The van der Waals surface area contributed by atoms with Gasteiger partial charge in [-0.15, -0.1) is 0 Å². The minimum absolute atomic E-state index is 0.0169. The molecular weight excluding hydrogens is 464 g/mol. The molecule has 0 aliphatic heterocycles. The highest BCUT2D eigenvalue weighted by atomic mass is 35.5. The van der Waals surface area contributed by atoms with Crippen molar-refractivity contribution in [2.75, 3.05) is 6.26 Å². The highest BCUT2D eigenvalue weighted by molar-refractivity contribution is 7.89. The zero-order chi connectivity index (χ0) is 23.8. The maximum absolute atomic E-state index is 13.2. The number of hydrogen-bond acceptors (Lipinski definition) is 5. The molecule has 4 aromatic rings. The molecule has 0 radical (unpaired) electrons. The summed E-state index contributed by atoms with van der Waals surface area (Å²) in [6.07, 6.45) is 2.34. The Hall–Kier alpha value is -3.87. The Morgan fingerprint density at radius 1 is 1.18 bits per heavy atom. The number of H-pyrrole nitrogens is 1. The topological polar surface area (TPSA) is 125 Å². The summed E-state index contributed by atoms with van der Waals surface area (Å²) in [6, 6.07) is 17.0. The summed E-state index contributed by atoms with van der Waals surface area (Å²) in [5.41, 5.74) is 1.70. The van der Waals surface area contributed by atoms with Crippen molar-refractivity contribution in [2.45, 2.75) is 6.54 Å². The monoisotopic (exact) mass is 480 g/mol. The fourth-order valence-electron chi connectivity index (χ4n) is 3.76. The van der Waals surface area contributed by atoms with Crippen LogP contribution in [-0.4, -0.2) is 30.1 Å². The van der Waals surface area contributed by atoms with Crippen molar-refractivity contribution < 1.29 is 13.2 Å². The molecule has 0 saturated carbocycles. The predicted octanol–water partition coefficient (Wildman–Crippen LogP) is 3.26. The molecule has 0 bridgehead atoms. The Balaban J connectivity index is 2.08. The quantitative estimate of drug-likeness (QED) is 0.453. The SMILES string of the molecule is CS(=O)(=O)NC(=O)c1c(-c2ccc[nH]c2=O)c2cc(Cl)ccc2n1Cc1cccc(C#N)c1. The summed E-state index contributed by atoms with van der Waals surface area (Å²) in [5.74, 6) is -0.889. The lowest BCUT2D eigenvalue weighted by atomic mass is 10.0. The number of amides is 1. The van der Waals surface area contributed by atoms with Crippen molar-refractivity contribution >= 4 is 38.4 Å². The maximum atomic E-state index is 13.2. The van der Waals surface area contributed by atoms with Gasteiger partial charge in [0.15, 0.2) is 0 Å². The number of nitriles is 1. The normalized spacial score (nSPS) is 11.3. The Morgan fingerprint density at radius 2 is 1.97 bits per heavy atom. The first-order chi connectivity index (χ1) is 15.7. The molecule has 0 saturated heterocycles. The summed E-state index contributed by atoms with van der Waals surface area (Å²) in [4.78, 5) is 28.5. The molecule has 2 N–H and O–H groups in total. The number of fused-ring (bicyclic) bond motifs is 1. The highest BCUT2D eigenvalue weighted by Gasteiger charge is 2.27. The van der Waals surface area contributed by atoms with E-state index in [1.165, 1.54) is 6.20 Å². The number of aromatic nitrogens is 2. The number of nitrogens with one attached hydrogen (secondary N) is 2. The van der Waals surface area contributed by atoms with Crippen LogP contribution in [0.1, 0.15) is 21.6 Å². The molecule has 2 aromatic carbocycles. The standard InChI is InChI=1S/C23H17ClN4O4S/c1-33(31,32)27-23(30)21-20(17-6-3-9-26-22(17)29)18-11-16(24)7-8-19(18)28(21)13-15-5-2-4-14(10-15)12-25/h2-11H,13H2,1H3,(H,26,29)(H,27,30). The summed E-state index contributed by atoms with van der Waals surface area (Å²) < 4.78 is 27.4. The lowest BCUT2D eigenvalue weighted by Gasteiger charge is -2.12. The third kappa shape index (κ3) is 4.53. The van der Waals surface area contributed by atoms with Crippen molar-refractivity contribution in [3.63, 3.8) is 0 Å². The van der Waals surface area contributed by atoms with E-state index >= 15 is 0 Å². The predicted molar refractivity (Wildman–Crippen MR) is 126 cm³/mol. The van der Waals surface area contributed by atoms with E-state index in [1.54, 1.807) is 59.2 Å². The number of aromatic amines is 1. The van der Waals surface area contributed by atoms with E-state index in [1.807, 2.05) is 4.72 Å². The average Bonchev–Trinajstić information content (AvgIpc) is 3.06. The van der Waals surface area contributed by atoms with Gasteiger partial charge in [0.05, 0.1) is 17.9 Å². The Kier molecular flexibility index (Phi) is 5.80.